The van der Waals surface area contributed by atoms with Crippen molar-refractivity contribution in [2.24, 2.45) is 0 Å². The van der Waals surface area contributed by atoms with E-state index < -0.39 is 17.7 Å². The molecule has 0 saturated heterocycles. The Labute approximate surface area is 120 Å². The number of rotatable bonds is 3. The minimum absolute atomic E-state index is 0.0288. The van der Waals surface area contributed by atoms with Crippen LogP contribution in [-0.2, 0) is 6.42 Å². The lowest BCUT2D eigenvalue weighted by molar-refractivity contribution is 0.150. The van der Waals surface area contributed by atoms with Crippen molar-refractivity contribution in [1.82, 2.24) is 0 Å². The quantitative estimate of drug-likeness (QED) is 0.929. The van der Waals surface area contributed by atoms with Crippen LogP contribution in [0.25, 0.3) is 0 Å². The average molecular weight is 292 g/mol. The van der Waals surface area contributed by atoms with Crippen molar-refractivity contribution >= 4 is 11.8 Å². The Kier molecular flexibility index (Phi) is 3.76. The van der Waals surface area contributed by atoms with Crippen LogP contribution in [0.2, 0.25) is 0 Å². The number of aliphatic hydroxyl groups is 1. The smallest absolute Gasteiger partial charge is 0.162 e. The normalized spacial score (nSPS) is 18.9. The molecule has 0 amide bonds. The highest BCUT2D eigenvalue weighted by atomic mass is 32.2. The standard InChI is InChI=1S/C16H14F2OS/c17-13-6-3-4-10(16(13)18)8-14(19)12-9-20-15-7-2-1-5-11(12)15/h1-7,12,14,19H,8-9H2. The third-order valence-corrected chi connectivity index (χ3v) is 4.87. The predicted octanol–water partition coefficient (Wildman–Crippen LogP) is 3.76. The molecule has 0 fully saturated rings. The Hall–Kier alpha value is -1.39. The lowest BCUT2D eigenvalue weighted by atomic mass is 9.91. The molecule has 1 nitrogen and oxygen atoms in total. The highest BCUT2D eigenvalue weighted by molar-refractivity contribution is 7.99. The second kappa shape index (κ2) is 5.54. The van der Waals surface area contributed by atoms with E-state index in [-0.39, 0.29) is 17.9 Å². The van der Waals surface area contributed by atoms with Crippen molar-refractivity contribution < 1.29 is 13.9 Å². The Morgan fingerprint density at radius 1 is 1.15 bits per heavy atom. The van der Waals surface area contributed by atoms with Gasteiger partial charge in [0.15, 0.2) is 11.6 Å². The maximum absolute atomic E-state index is 13.7. The van der Waals surface area contributed by atoms with Gasteiger partial charge in [0, 0.05) is 23.0 Å². The molecule has 0 spiro atoms. The highest BCUT2D eigenvalue weighted by Gasteiger charge is 2.29. The van der Waals surface area contributed by atoms with Crippen molar-refractivity contribution in [3.8, 4) is 0 Å². The van der Waals surface area contributed by atoms with Gasteiger partial charge in [-0.05, 0) is 23.3 Å². The number of hydrogen-bond donors (Lipinski definition) is 1. The van der Waals surface area contributed by atoms with Crippen LogP contribution >= 0.6 is 11.8 Å². The van der Waals surface area contributed by atoms with Gasteiger partial charge in [-0.1, -0.05) is 30.3 Å². The number of benzene rings is 2. The second-order valence-electron chi connectivity index (χ2n) is 4.94. The zero-order valence-electron chi connectivity index (χ0n) is 10.7. The molecule has 0 saturated carbocycles. The van der Waals surface area contributed by atoms with Gasteiger partial charge in [0.25, 0.3) is 0 Å². The molecule has 4 heteroatoms. The van der Waals surface area contributed by atoms with Crippen molar-refractivity contribution in [2.45, 2.75) is 23.3 Å². The predicted molar refractivity (Wildman–Crippen MR) is 76.0 cm³/mol. The van der Waals surface area contributed by atoms with Crippen LogP contribution in [0.5, 0.6) is 0 Å². The van der Waals surface area contributed by atoms with Crippen molar-refractivity contribution in [3.63, 3.8) is 0 Å². The van der Waals surface area contributed by atoms with Gasteiger partial charge < -0.3 is 5.11 Å². The molecule has 3 rings (SSSR count). The summed E-state index contributed by atoms with van der Waals surface area (Å²) in [6, 6.07) is 12.0. The summed E-state index contributed by atoms with van der Waals surface area (Å²) in [5.74, 6) is -0.975. The van der Waals surface area contributed by atoms with Crippen LogP contribution in [0.1, 0.15) is 17.0 Å². The van der Waals surface area contributed by atoms with Crippen molar-refractivity contribution in [1.29, 1.82) is 0 Å². The van der Waals surface area contributed by atoms with E-state index in [4.69, 9.17) is 0 Å². The van der Waals surface area contributed by atoms with Crippen molar-refractivity contribution in [2.75, 3.05) is 5.75 Å². The first-order valence-corrected chi connectivity index (χ1v) is 7.48. The molecule has 2 atom stereocenters. The first kappa shape index (κ1) is 13.6. The molecule has 0 radical (unpaired) electrons. The summed E-state index contributed by atoms with van der Waals surface area (Å²) in [4.78, 5) is 1.16. The molecule has 20 heavy (non-hydrogen) atoms. The molecule has 0 bridgehead atoms. The third kappa shape index (κ3) is 2.45. The van der Waals surface area contributed by atoms with E-state index in [9.17, 15) is 13.9 Å². The van der Waals surface area contributed by atoms with Crippen LogP contribution < -0.4 is 0 Å². The number of fused-ring (bicyclic) bond motifs is 1. The van der Waals surface area contributed by atoms with E-state index in [0.29, 0.717) is 0 Å². The summed E-state index contributed by atoms with van der Waals surface area (Å²) in [7, 11) is 0. The van der Waals surface area contributed by atoms with Crippen LogP contribution in [0, 0.1) is 11.6 Å². The Morgan fingerprint density at radius 2 is 1.95 bits per heavy atom. The van der Waals surface area contributed by atoms with E-state index in [1.807, 2.05) is 24.3 Å². The molecule has 1 aliphatic heterocycles. The summed E-state index contributed by atoms with van der Waals surface area (Å²) < 4.78 is 26.8. The van der Waals surface area contributed by atoms with Crippen molar-refractivity contribution in [3.05, 3.63) is 65.2 Å². The van der Waals surface area contributed by atoms with Gasteiger partial charge in [-0.3, -0.25) is 0 Å². The Bertz CT molecular complexity index is 630. The van der Waals surface area contributed by atoms with Crippen LogP contribution in [0.3, 0.4) is 0 Å². The molecule has 0 aliphatic carbocycles. The first-order valence-electron chi connectivity index (χ1n) is 6.49. The lowest BCUT2D eigenvalue weighted by Gasteiger charge is -2.19. The summed E-state index contributed by atoms with van der Waals surface area (Å²) >= 11 is 1.69. The summed E-state index contributed by atoms with van der Waals surface area (Å²) in [6.07, 6.45) is -0.578. The van der Waals surface area contributed by atoms with Gasteiger partial charge in [0.2, 0.25) is 0 Å². The Balaban J connectivity index is 1.81. The number of aliphatic hydroxyl groups excluding tert-OH is 1. The summed E-state index contributed by atoms with van der Waals surface area (Å²) in [5.41, 5.74) is 1.33. The molecular formula is C16H14F2OS. The third-order valence-electron chi connectivity index (χ3n) is 3.66. The van der Waals surface area contributed by atoms with E-state index in [1.165, 1.54) is 12.1 Å². The van der Waals surface area contributed by atoms with Gasteiger partial charge in [0.1, 0.15) is 0 Å². The average Bonchev–Trinajstić information content (AvgIpc) is 2.88. The number of halogens is 2. The maximum Gasteiger partial charge on any atom is 0.162 e. The zero-order chi connectivity index (χ0) is 14.1. The summed E-state index contributed by atoms with van der Waals surface area (Å²) in [6.45, 7) is 0. The van der Waals surface area contributed by atoms with Gasteiger partial charge in [-0.15, -0.1) is 11.8 Å². The van der Waals surface area contributed by atoms with E-state index in [2.05, 4.69) is 0 Å². The zero-order valence-corrected chi connectivity index (χ0v) is 11.5. The molecule has 0 aromatic heterocycles. The second-order valence-corrected chi connectivity index (χ2v) is 6.00. The largest absolute Gasteiger partial charge is 0.392 e. The Morgan fingerprint density at radius 3 is 2.80 bits per heavy atom. The van der Waals surface area contributed by atoms with Crippen LogP contribution in [0.15, 0.2) is 47.4 Å². The molecular weight excluding hydrogens is 278 g/mol. The van der Waals surface area contributed by atoms with Gasteiger partial charge in [0.05, 0.1) is 6.10 Å². The van der Waals surface area contributed by atoms with E-state index in [0.717, 1.165) is 22.3 Å². The molecule has 2 aromatic carbocycles. The molecule has 2 unspecified atom stereocenters. The number of thioether (sulfide) groups is 1. The maximum atomic E-state index is 13.7. The molecule has 1 N–H and O–H groups in total. The van der Waals surface area contributed by atoms with Crippen LogP contribution in [-0.4, -0.2) is 17.0 Å². The minimum atomic E-state index is -0.865. The molecule has 2 aromatic rings. The summed E-state index contributed by atoms with van der Waals surface area (Å²) in [5, 5.41) is 10.4. The number of hydrogen-bond acceptors (Lipinski definition) is 2. The molecule has 1 heterocycles. The van der Waals surface area contributed by atoms with Gasteiger partial charge >= 0.3 is 0 Å². The fraction of sp³-hybridized carbons (Fsp3) is 0.250. The van der Waals surface area contributed by atoms with Crippen LogP contribution in [0.4, 0.5) is 8.78 Å². The van der Waals surface area contributed by atoms with Gasteiger partial charge in [-0.25, -0.2) is 8.78 Å². The molecule has 1 aliphatic rings. The van der Waals surface area contributed by atoms with E-state index >= 15 is 0 Å². The fourth-order valence-electron chi connectivity index (χ4n) is 2.58. The van der Waals surface area contributed by atoms with Gasteiger partial charge in [-0.2, -0.15) is 0 Å². The fourth-order valence-corrected chi connectivity index (χ4v) is 3.90. The molecule has 104 valence electrons. The first-order chi connectivity index (χ1) is 9.66. The highest BCUT2D eigenvalue weighted by Crippen LogP contribution is 2.41. The SMILES string of the molecule is OC(Cc1cccc(F)c1F)C1CSc2ccccc21. The monoisotopic (exact) mass is 292 g/mol. The lowest BCUT2D eigenvalue weighted by Crippen LogP contribution is -2.21. The minimum Gasteiger partial charge on any atom is -0.392 e. The van der Waals surface area contributed by atoms with E-state index in [1.54, 1.807) is 11.8 Å². The topological polar surface area (TPSA) is 20.2 Å².